The second-order valence-electron chi connectivity index (χ2n) is 4.46. The molecule has 100 valence electrons. The molecule has 2 aromatic rings. The van der Waals surface area contributed by atoms with Gasteiger partial charge in [-0.15, -0.1) is 0 Å². The van der Waals surface area contributed by atoms with E-state index in [-0.39, 0.29) is 18.3 Å². The molecule has 2 rings (SSSR count). The van der Waals surface area contributed by atoms with Gasteiger partial charge in [0.25, 0.3) is 0 Å². The van der Waals surface area contributed by atoms with Crippen molar-refractivity contribution in [3.8, 4) is 11.5 Å². The summed E-state index contributed by atoms with van der Waals surface area (Å²) in [6.07, 6.45) is 1.58. The zero-order valence-electron chi connectivity index (χ0n) is 10.9. The number of nitrogens with zero attached hydrogens (tertiary/aromatic N) is 2. The lowest BCUT2D eigenvalue weighted by atomic mass is 10.2. The van der Waals surface area contributed by atoms with Gasteiger partial charge in [0.1, 0.15) is 23.1 Å². The average Bonchev–Trinajstić information content (AvgIpc) is 2.39. The third-order valence-electron chi connectivity index (χ3n) is 2.58. The maximum atomic E-state index is 13.1. The third kappa shape index (κ3) is 3.26. The minimum absolute atomic E-state index is 0.216. The average molecular weight is 261 g/mol. The Morgan fingerprint density at radius 2 is 2.16 bits per heavy atom. The Bertz CT molecular complexity index is 572. The van der Waals surface area contributed by atoms with E-state index in [0.717, 1.165) is 0 Å². The van der Waals surface area contributed by atoms with Crippen LogP contribution in [0, 0.1) is 5.82 Å². The Hall–Kier alpha value is -2.01. The van der Waals surface area contributed by atoms with Crippen molar-refractivity contribution in [2.45, 2.75) is 26.3 Å². The number of hydrogen-bond donors (Lipinski definition) is 1. The molecule has 0 aliphatic rings. The number of rotatable bonds is 4. The number of nitrogens with two attached hydrogens (primary N) is 1. The van der Waals surface area contributed by atoms with Crippen molar-refractivity contribution < 1.29 is 9.13 Å². The highest BCUT2D eigenvalue weighted by atomic mass is 19.1. The van der Waals surface area contributed by atoms with Crippen LogP contribution in [0.1, 0.15) is 31.3 Å². The Balaban J connectivity index is 2.29. The maximum absolute atomic E-state index is 13.1. The van der Waals surface area contributed by atoms with Crippen LogP contribution in [0.4, 0.5) is 4.39 Å². The number of aromatic nitrogens is 2. The molecule has 0 atom stereocenters. The molecule has 0 spiro atoms. The fourth-order valence-electron chi connectivity index (χ4n) is 1.59. The van der Waals surface area contributed by atoms with Crippen molar-refractivity contribution in [1.82, 2.24) is 9.97 Å². The molecule has 0 saturated carbocycles. The van der Waals surface area contributed by atoms with E-state index in [0.29, 0.717) is 23.0 Å². The zero-order chi connectivity index (χ0) is 13.8. The van der Waals surface area contributed by atoms with Crippen LogP contribution in [0.2, 0.25) is 0 Å². The number of ether oxygens (including phenoxy) is 1. The molecule has 0 unspecified atom stereocenters. The molecule has 19 heavy (non-hydrogen) atoms. The van der Waals surface area contributed by atoms with Crippen molar-refractivity contribution in [2.75, 3.05) is 0 Å². The van der Waals surface area contributed by atoms with Crippen LogP contribution >= 0.6 is 0 Å². The van der Waals surface area contributed by atoms with E-state index in [1.54, 1.807) is 18.3 Å². The number of benzene rings is 1. The van der Waals surface area contributed by atoms with Gasteiger partial charge in [0.05, 0.1) is 6.20 Å². The minimum Gasteiger partial charge on any atom is -0.454 e. The van der Waals surface area contributed by atoms with Gasteiger partial charge in [-0.05, 0) is 12.1 Å². The normalized spacial score (nSPS) is 10.8. The second kappa shape index (κ2) is 5.75. The van der Waals surface area contributed by atoms with Crippen LogP contribution in [0.25, 0.3) is 0 Å². The summed E-state index contributed by atoms with van der Waals surface area (Å²) in [5, 5.41) is 0. The van der Waals surface area contributed by atoms with Gasteiger partial charge in [0.2, 0.25) is 0 Å². The molecule has 1 heterocycles. The third-order valence-corrected chi connectivity index (χ3v) is 2.58. The topological polar surface area (TPSA) is 61.0 Å². The highest BCUT2D eigenvalue weighted by Gasteiger charge is 2.10. The summed E-state index contributed by atoms with van der Waals surface area (Å²) in [6.45, 7) is 4.25. The van der Waals surface area contributed by atoms with Gasteiger partial charge in [-0.25, -0.2) is 14.4 Å². The first kappa shape index (κ1) is 13.4. The van der Waals surface area contributed by atoms with Gasteiger partial charge in [0.15, 0.2) is 5.75 Å². The molecular weight excluding hydrogens is 245 g/mol. The minimum atomic E-state index is -0.355. The SMILES string of the molecule is CC(C)c1ncc(Oc2cccc(F)c2)c(CN)n1. The van der Waals surface area contributed by atoms with Gasteiger partial charge < -0.3 is 10.5 Å². The van der Waals surface area contributed by atoms with Crippen LogP contribution < -0.4 is 10.5 Å². The van der Waals surface area contributed by atoms with Crippen molar-refractivity contribution in [2.24, 2.45) is 5.73 Å². The molecule has 5 heteroatoms. The lowest BCUT2D eigenvalue weighted by Crippen LogP contribution is -2.07. The number of hydrogen-bond acceptors (Lipinski definition) is 4. The Labute approximate surface area is 111 Å². The van der Waals surface area contributed by atoms with Crippen LogP contribution in [-0.4, -0.2) is 9.97 Å². The van der Waals surface area contributed by atoms with E-state index in [9.17, 15) is 4.39 Å². The summed E-state index contributed by atoms with van der Waals surface area (Å²) >= 11 is 0. The van der Waals surface area contributed by atoms with Crippen LogP contribution in [0.15, 0.2) is 30.5 Å². The first-order chi connectivity index (χ1) is 9.10. The molecule has 0 bridgehead atoms. The van der Waals surface area contributed by atoms with Gasteiger partial charge in [-0.2, -0.15) is 0 Å². The highest BCUT2D eigenvalue weighted by Crippen LogP contribution is 2.25. The lowest BCUT2D eigenvalue weighted by molar-refractivity contribution is 0.462. The summed E-state index contributed by atoms with van der Waals surface area (Å²) in [4.78, 5) is 8.57. The summed E-state index contributed by atoms with van der Waals surface area (Å²) in [7, 11) is 0. The van der Waals surface area contributed by atoms with E-state index in [1.165, 1.54) is 12.1 Å². The monoisotopic (exact) mass is 261 g/mol. The van der Waals surface area contributed by atoms with Crippen molar-refractivity contribution in [3.63, 3.8) is 0 Å². The van der Waals surface area contributed by atoms with Gasteiger partial charge in [-0.3, -0.25) is 0 Å². The predicted molar refractivity (Wildman–Crippen MR) is 70.5 cm³/mol. The van der Waals surface area contributed by atoms with E-state index in [2.05, 4.69) is 9.97 Å². The summed E-state index contributed by atoms with van der Waals surface area (Å²) in [5.41, 5.74) is 6.27. The van der Waals surface area contributed by atoms with E-state index >= 15 is 0 Å². The van der Waals surface area contributed by atoms with E-state index < -0.39 is 0 Å². The van der Waals surface area contributed by atoms with Crippen molar-refractivity contribution >= 4 is 0 Å². The van der Waals surface area contributed by atoms with Crippen molar-refractivity contribution in [1.29, 1.82) is 0 Å². The molecule has 0 aliphatic heterocycles. The predicted octanol–water partition coefficient (Wildman–Crippen LogP) is 2.99. The summed E-state index contributed by atoms with van der Waals surface area (Å²) in [6, 6.07) is 5.90. The Morgan fingerprint density at radius 1 is 1.37 bits per heavy atom. The first-order valence-corrected chi connectivity index (χ1v) is 6.09. The van der Waals surface area contributed by atoms with Crippen LogP contribution in [-0.2, 0) is 6.54 Å². The largest absolute Gasteiger partial charge is 0.454 e. The van der Waals surface area contributed by atoms with Crippen LogP contribution in [0.3, 0.4) is 0 Å². The second-order valence-corrected chi connectivity index (χ2v) is 4.46. The molecule has 0 aliphatic carbocycles. The molecule has 0 saturated heterocycles. The fourth-order valence-corrected chi connectivity index (χ4v) is 1.59. The molecule has 4 nitrogen and oxygen atoms in total. The highest BCUT2D eigenvalue weighted by molar-refractivity contribution is 5.33. The molecule has 0 fully saturated rings. The standard InChI is InChI=1S/C14H16FN3O/c1-9(2)14-17-8-13(12(7-16)18-14)19-11-5-3-4-10(15)6-11/h3-6,8-9H,7,16H2,1-2H3. The fraction of sp³-hybridized carbons (Fsp3) is 0.286. The smallest absolute Gasteiger partial charge is 0.168 e. The zero-order valence-corrected chi connectivity index (χ0v) is 10.9. The molecule has 1 aromatic heterocycles. The van der Waals surface area contributed by atoms with Crippen LogP contribution in [0.5, 0.6) is 11.5 Å². The lowest BCUT2D eigenvalue weighted by Gasteiger charge is -2.11. The van der Waals surface area contributed by atoms with Crippen molar-refractivity contribution in [3.05, 3.63) is 47.8 Å². The Morgan fingerprint density at radius 3 is 2.79 bits per heavy atom. The van der Waals surface area contributed by atoms with E-state index in [4.69, 9.17) is 10.5 Å². The van der Waals surface area contributed by atoms with Gasteiger partial charge in [-0.1, -0.05) is 19.9 Å². The molecule has 1 aromatic carbocycles. The van der Waals surface area contributed by atoms with Gasteiger partial charge >= 0.3 is 0 Å². The van der Waals surface area contributed by atoms with E-state index in [1.807, 2.05) is 13.8 Å². The number of halogens is 1. The Kier molecular flexibility index (Phi) is 4.06. The molecule has 2 N–H and O–H groups in total. The molecule has 0 amide bonds. The molecule has 0 radical (unpaired) electrons. The quantitative estimate of drug-likeness (QED) is 0.919. The maximum Gasteiger partial charge on any atom is 0.168 e. The first-order valence-electron chi connectivity index (χ1n) is 6.09. The molecular formula is C14H16FN3O. The summed E-state index contributed by atoms with van der Waals surface area (Å²) in [5.74, 6) is 1.43. The summed E-state index contributed by atoms with van der Waals surface area (Å²) < 4.78 is 18.7. The van der Waals surface area contributed by atoms with Gasteiger partial charge in [0, 0.05) is 18.5 Å².